The number of nitrogens with one attached hydrogen (secondary N) is 1. The number of guanidine groups is 1. The van der Waals surface area contributed by atoms with Gasteiger partial charge in [-0.2, -0.15) is 0 Å². The molecule has 2 fully saturated rings. The van der Waals surface area contributed by atoms with Gasteiger partial charge in [0.25, 0.3) is 0 Å². The molecule has 0 amide bonds. The summed E-state index contributed by atoms with van der Waals surface area (Å²) in [4.78, 5) is 9.66. The summed E-state index contributed by atoms with van der Waals surface area (Å²) in [6, 6.07) is 0. The molecule has 1 saturated heterocycles. The molecule has 0 aromatic rings. The molecule has 4 nitrogen and oxygen atoms in total. The number of likely N-dealkylation sites (tertiary alicyclic amines) is 1. The molecular formula is C16H32N4. The Morgan fingerprint density at radius 3 is 2.40 bits per heavy atom. The van der Waals surface area contributed by atoms with Gasteiger partial charge in [-0.05, 0) is 45.2 Å². The van der Waals surface area contributed by atoms with Gasteiger partial charge in [0, 0.05) is 26.2 Å². The minimum absolute atomic E-state index is 0.901. The second kappa shape index (κ2) is 7.87. The van der Waals surface area contributed by atoms with Crippen molar-refractivity contribution in [1.29, 1.82) is 0 Å². The Labute approximate surface area is 124 Å². The lowest BCUT2D eigenvalue weighted by atomic mass is 9.82. The second-order valence-corrected chi connectivity index (χ2v) is 6.34. The molecular weight excluding hydrogens is 248 g/mol. The van der Waals surface area contributed by atoms with E-state index in [1.807, 2.05) is 0 Å². The largest absolute Gasteiger partial charge is 0.357 e. The van der Waals surface area contributed by atoms with Crippen LogP contribution in [0.5, 0.6) is 0 Å². The van der Waals surface area contributed by atoms with Gasteiger partial charge in [-0.15, -0.1) is 0 Å². The first-order chi connectivity index (χ1) is 9.74. The van der Waals surface area contributed by atoms with Gasteiger partial charge >= 0.3 is 0 Å². The molecule has 0 radical (unpaired) electrons. The number of nitrogens with zero attached hydrogens (tertiary/aromatic N) is 3. The molecule has 1 saturated carbocycles. The number of rotatable bonds is 5. The van der Waals surface area contributed by atoms with Crippen LogP contribution in [0.4, 0.5) is 0 Å². The summed E-state index contributed by atoms with van der Waals surface area (Å²) in [5.41, 5.74) is 0. The van der Waals surface area contributed by atoms with E-state index in [-0.39, 0.29) is 0 Å². The Kier molecular flexibility index (Phi) is 6.14. The van der Waals surface area contributed by atoms with Gasteiger partial charge in [0.2, 0.25) is 0 Å². The van der Waals surface area contributed by atoms with E-state index in [0.717, 1.165) is 44.0 Å². The van der Waals surface area contributed by atoms with Crippen molar-refractivity contribution in [1.82, 2.24) is 15.1 Å². The maximum atomic E-state index is 4.83. The molecule has 2 aliphatic rings. The Morgan fingerprint density at radius 1 is 1.20 bits per heavy atom. The van der Waals surface area contributed by atoms with Gasteiger partial charge in [-0.1, -0.05) is 19.8 Å². The Balaban J connectivity index is 1.89. The minimum Gasteiger partial charge on any atom is -0.357 e. The molecule has 1 heterocycles. The Hall–Kier alpha value is -0.770. The van der Waals surface area contributed by atoms with E-state index in [1.54, 1.807) is 0 Å². The van der Waals surface area contributed by atoms with Crippen molar-refractivity contribution in [2.75, 3.05) is 46.3 Å². The normalized spacial score (nSPS) is 27.0. The van der Waals surface area contributed by atoms with E-state index in [9.17, 15) is 0 Å². The van der Waals surface area contributed by atoms with Crippen molar-refractivity contribution in [3.05, 3.63) is 0 Å². The summed E-state index contributed by atoms with van der Waals surface area (Å²) >= 11 is 0. The second-order valence-electron chi connectivity index (χ2n) is 6.34. The van der Waals surface area contributed by atoms with Gasteiger partial charge < -0.3 is 15.1 Å². The number of hydrogen-bond donors (Lipinski definition) is 1. The molecule has 0 bridgehead atoms. The van der Waals surface area contributed by atoms with Crippen LogP contribution in [0, 0.1) is 11.8 Å². The fourth-order valence-electron chi connectivity index (χ4n) is 3.49. The van der Waals surface area contributed by atoms with Crippen LogP contribution in [0.1, 0.15) is 39.5 Å². The van der Waals surface area contributed by atoms with E-state index in [2.05, 4.69) is 36.0 Å². The van der Waals surface area contributed by atoms with E-state index in [1.165, 1.54) is 38.8 Å². The van der Waals surface area contributed by atoms with Crippen molar-refractivity contribution in [3.63, 3.8) is 0 Å². The molecule has 1 aliphatic heterocycles. The van der Waals surface area contributed by atoms with Gasteiger partial charge in [0.15, 0.2) is 5.96 Å². The predicted molar refractivity (Wildman–Crippen MR) is 86.2 cm³/mol. The smallest absolute Gasteiger partial charge is 0.193 e. The highest BCUT2D eigenvalue weighted by atomic mass is 15.3. The van der Waals surface area contributed by atoms with Crippen molar-refractivity contribution < 1.29 is 0 Å². The van der Waals surface area contributed by atoms with Crippen LogP contribution < -0.4 is 5.32 Å². The van der Waals surface area contributed by atoms with E-state index in [0.29, 0.717) is 0 Å². The first-order valence-electron chi connectivity index (χ1n) is 8.46. The standard InChI is InChI=1S/C16H32N4/c1-4-17-16(18-10-11-19(3)5-2)20-12-14-8-6-7-9-15(14)13-20/h14-15H,4-13H2,1-3H3,(H,17,18). The van der Waals surface area contributed by atoms with Crippen LogP contribution in [-0.4, -0.2) is 62.1 Å². The van der Waals surface area contributed by atoms with Crippen molar-refractivity contribution in [2.24, 2.45) is 16.8 Å². The fraction of sp³-hybridized carbons (Fsp3) is 0.938. The minimum atomic E-state index is 0.901. The lowest BCUT2D eigenvalue weighted by Crippen LogP contribution is -2.40. The molecule has 2 rings (SSSR count). The molecule has 1 aliphatic carbocycles. The maximum absolute atomic E-state index is 4.83. The SMILES string of the molecule is CCNC(=NCCN(C)CC)N1CC2CCCCC2C1. The molecule has 0 spiro atoms. The third kappa shape index (κ3) is 4.11. The van der Waals surface area contributed by atoms with E-state index < -0.39 is 0 Å². The highest BCUT2D eigenvalue weighted by Gasteiger charge is 2.35. The highest BCUT2D eigenvalue weighted by molar-refractivity contribution is 5.80. The van der Waals surface area contributed by atoms with Gasteiger partial charge in [0.1, 0.15) is 0 Å². The van der Waals surface area contributed by atoms with Crippen molar-refractivity contribution in [3.8, 4) is 0 Å². The zero-order valence-electron chi connectivity index (χ0n) is 13.6. The first-order valence-corrected chi connectivity index (χ1v) is 8.46. The molecule has 116 valence electrons. The number of likely N-dealkylation sites (N-methyl/N-ethyl adjacent to an activating group) is 1. The van der Waals surface area contributed by atoms with Crippen LogP contribution in [-0.2, 0) is 0 Å². The lowest BCUT2D eigenvalue weighted by molar-refractivity contribution is 0.299. The zero-order valence-corrected chi connectivity index (χ0v) is 13.6. The topological polar surface area (TPSA) is 30.9 Å². The van der Waals surface area contributed by atoms with Crippen LogP contribution in [0.25, 0.3) is 0 Å². The maximum Gasteiger partial charge on any atom is 0.193 e. The molecule has 0 aromatic carbocycles. The highest BCUT2D eigenvalue weighted by Crippen LogP contribution is 2.35. The Bertz CT molecular complexity index is 302. The number of hydrogen-bond acceptors (Lipinski definition) is 2. The van der Waals surface area contributed by atoms with Gasteiger partial charge in [0.05, 0.1) is 6.54 Å². The van der Waals surface area contributed by atoms with Crippen LogP contribution in [0.2, 0.25) is 0 Å². The average molecular weight is 280 g/mol. The fourth-order valence-corrected chi connectivity index (χ4v) is 3.49. The summed E-state index contributed by atoms with van der Waals surface area (Å²) in [6.45, 7) is 10.8. The van der Waals surface area contributed by atoms with Gasteiger partial charge in [-0.25, -0.2) is 0 Å². The zero-order chi connectivity index (χ0) is 14.4. The first kappa shape index (κ1) is 15.6. The third-order valence-corrected chi connectivity index (χ3v) is 4.89. The molecule has 2 unspecified atom stereocenters. The molecule has 2 atom stereocenters. The van der Waals surface area contributed by atoms with Crippen molar-refractivity contribution >= 4 is 5.96 Å². The summed E-state index contributed by atoms with van der Waals surface area (Å²) < 4.78 is 0. The summed E-state index contributed by atoms with van der Waals surface area (Å²) in [5, 5.41) is 3.48. The monoisotopic (exact) mass is 280 g/mol. The molecule has 0 aromatic heterocycles. The molecule has 20 heavy (non-hydrogen) atoms. The quantitative estimate of drug-likeness (QED) is 0.617. The van der Waals surface area contributed by atoms with Crippen LogP contribution >= 0.6 is 0 Å². The summed E-state index contributed by atoms with van der Waals surface area (Å²) in [5.74, 6) is 2.99. The Morgan fingerprint density at radius 2 is 1.85 bits per heavy atom. The van der Waals surface area contributed by atoms with Crippen LogP contribution in [0.3, 0.4) is 0 Å². The number of fused-ring (bicyclic) bond motifs is 1. The summed E-state index contributed by atoms with van der Waals surface area (Å²) in [6.07, 6.45) is 5.73. The third-order valence-electron chi connectivity index (χ3n) is 4.89. The average Bonchev–Trinajstić information content (AvgIpc) is 2.89. The van der Waals surface area contributed by atoms with E-state index in [4.69, 9.17) is 4.99 Å². The van der Waals surface area contributed by atoms with Gasteiger partial charge in [-0.3, -0.25) is 4.99 Å². The lowest BCUT2D eigenvalue weighted by Gasteiger charge is -2.22. The number of aliphatic imine (C=N–C) groups is 1. The van der Waals surface area contributed by atoms with E-state index >= 15 is 0 Å². The van der Waals surface area contributed by atoms with Crippen LogP contribution in [0.15, 0.2) is 4.99 Å². The molecule has 4 heteroatoms. The molecule has 1 N–H and O–H groups in total. The van der Waals surface area contributed by atoms with Crippen molar-refractivity contribution in [2.45, 2.75) is 39.5 Å². The summed E-state index contributed by atoms with van der Waals surface area (Å²) in [7, 11) is 2.16. The predicted octanol–water partition coefficient (Wildman–Crippen LogP) is 2.03.